The van der Waals surface area contributed by atoms with Crippen LogP contribution in [0.15, 0.2) is 10.7 Å². The Labute approximate surface area is 136 Å². The molecule has 0 bridgehead atoms. The van der Waals surface area contributed by atoms with Crippen molar-refractivity contribution in [2.24, 2.45) is 0 Å². The van der Waals surface area contributed by atoms with Gasteiger partial charge in [-0.15, -0.1) is 0 Å². The lowest BCUT2D eigenvalue weighted by molar-refractivity contribution is -0.0901. The predicted octanol–water partition coefficient (Wildman–Crippen LogP) is 2.43. The van der Waals surface area contributed by atoms with Gasteiger partial charge in [-0.05, 0) is 63.3 Å². The minimum atomic E-state index is -0.175. The molecule has 2 heterocycles. The minimum absolute atomic E-state index is 0.136. The van der Waals surface area contributed by atoms with E-state index in [0.29, 0.717) is 0 Å². The summed E-state index contributed by atoms with van der Waals surface area (Å²) in [6.45, 7) is 4.90. The van der Waals surface area contributed by atoms with E-state index in [4.69, 9.17) is 4.74 Å². The summed E-state index contributed by atoms with van der Waals surface area (Å²) in [7, 11) is 6.17. The highest BCUT2D eigenvalue weighted by atomic mass is 79.9. The summed E-state index contributed by atoms with van der Waals surface area (Å²) in [6.07, 6.45) is 5.34. The second-order valence-electron chi connectivity index (χ2n) is 6.24. The molecule has 0 aliphatic carbocycles. The quantitative estimate of drug-likeness (QED) is 0.847. The van der Waals surface area contributed by atoms with Crippen LogP contribution in [0.2, 0.25) is 0 Å². The molecule has 21 heavy (non-hydrogen) atoms. The number of aromatic nitrogens is 2. The van der Waals surface area contributed by atoms with E-state index in [1.165, 1.54) is 12.1 Å². The molecule has 1 fully saturated rings. The summed E-state index contributed by atoms with van der Waals surface area (Å²) in [5, 5.41) is 7.98. The number of hydrogen-bond acceptors (Lipinski definition) is 4. The molecule has 1 N–H and O–H groups in total. The molecule has 0 radical (unpaired) electrons. The van der Waals surface area contributed by atoms with E-state index in [1.54, 1.807) is 0 Å². The van der Waals surface area contributed by atoms with Crippen molar-refractivity contribution in [2.45, 2.75) is 44.4 Å². The van der Waals surface area contributed by atoms with Gasteiger partial charge in [0, 0.05) is 13.2 Å². The smallest absolute Gasteiger partial charge is 0.0863 e. The van der Waals surface area contributed by atoms with Crippen LogP contribution < -0.4 is 5.32 Å². The maximum absolute atomic E-state index is 6.14. The first-order valence-electron chi connectivity index (χ1n) is 7.65. The van der Waals surface area contributed by atoms with Crippen molar-refractivity contribution in [1.29, 1.82) is 0 Å². The highest BCUT2D eigenvalue weighted by molar-refractivity contribution is 9.10. The monoisotopic (exact) mass is 358 g/mol. The first kappa shape index (κ1) is 16.9. The molecule has 0 saturated carbocycles. The van der Waals surface area contributed by atoms with Gasteiger partial charge in [-0.1, -0.05) is 0 Å². The largest absolute Gasteiger partial charge is 0.373 e. The van der Waals surface area contributed by atoms with E-state index >= 15 is 0 Å². The summed E-state index contributed by atoms with van der Waals surface area (Å²) in [5.41, 5.74) is 1.01. The van der Waals surface area contributed by atoms with Crippen molar-refractivity contribution in [3.63, 3.8) is 0 Å². The lowest BCUT2D eigenvalue weighted by Crippen LogP contribution is -2.46. The van der Waals surface area contributed by atoms with Crippen LogP contribution in [-0.4, -0.2) is 54.6 Å². The molecule has 1 aromatic heterocycles. The number of nitrogens with zero attached hydrogens (tertiary/aromatic N) is 3. The van der Waals surface area contributed by atoms with Crippen LogP contribution in [0.4, 0.5) is 0 Å². The molecule has 1 aliphatic rings. The summed E-state index contributed by atoms with van der Waals surface area (Å²) in [6, 6.07) is 0.136. The third-order valence-corrected chi connectivity index (χ3v) is 4.88. The number of likely N-dealkylation sites (N-methyl/N-ethyl adjacent to an activating group) is 2. The van der Waals surface area contributed by atoms with Gasteiger partial charge in [0.05, 0.1) is 34.6 Å². The maximum Gasteiger partial charge on any atom is 0.0863 e. The van der Waals surface area contributed by atoms with Crippen LogP contribution in [0.1, 0.15) is 37.9 Å². The van der Waals surface area contributed by atoms with E-state index < -0.39 is 0 Å². The predicted molar refractivity (Wildman–Crippen MR) is 88.5 cm³/mol. The topological polar surface area (TPSA) is 42.3 Å². The van der Waals surface area contributed by atoms with Gasteiger partial charge in [-0.2, -0.15) is 5.10 Å². The number of nitrogens with one attached hydrogen (secondary N) is 1. The molecule has 6 heteroatoms. The molecule has 1 saturated heterocycles. The van der Waals surface area contributed by atoms with Crippen LogP contribution >= 0.6 is 15.9 Å². The molecule has 2 rings (SSSR count). The van der Waals surface area contributed by atoms with E-state index in [-0.39, 0.29) is 11.6 Å². The molecule has 120 valence electrons. The highest BCUT2D eigenvalue weighted by Crippen LogP contribution is 2.38. The third-order valence-electron chi connectivity index (χ3n) is 4.26. The summed E-state index contributed by atoms with van der Waals surface area (Å²) < 4.78 is 9.29. The summed E-state index contributed by atoms with van der Waals surface area (Å²) in [5.74, 6) is 0. The van der Waals surface area contributed by atoms with Crippen LogP contribution in [0.5, 0.6) is 0 Å². The number of hydrogen-bond donors (Lipinski definition) is 1. The van der Waals surface area contributed by atoms with Crippen molar-refractivity contribution < 1.29 is 4.74 Å². The van der Waals surface area contributed by atoms with Crippen molar-refractivity contribution in [3.8, 4) is 0 Å². The van der Waals surface area contributed by atoms with Gasteiger partial charge >= 0.3 is 0 Å². The fourth-order valence-electron chi connectivity index (χ4n) is 3.05. The molecular weight excluding hydrogens is 332 g/mol. The van der Waals surface area contributed by atoms with Crippen molar-refractivity contribution in [1.82, 2.24) is 20.0 Å². The average Bonchev–Trinajstić information content (AvgIpc) is 2.80. The van der Waals surface area contributed by atoms with Crippen molar-refractivity contribution in [3.05, 3.63) is 16.4 Å². The van der Waals surface area contributed by atoms with Gasteiger partial charge in [-0.3, -0.25) is 4.68 Å². The van der Waals surface area contributed by atoms with E-state index in [0.717, 1.165) is 37.0 Å². The Bertz CT molecular complexity index is 455. The van der Waals surface area contributed by atoms with Gasteiger partial charge in [-0.25, -0.2) is 0 Å². The van der Waals surface area contributed by atoms with E-state index in [9.17, 15) is 0 Å². The van der Waals surface area contributed by atoms with Crippen LogP contribution in [0, 0.1) is 0 Å². The molecular formula is C15H27BrN4O. The van der Waals surface area contributed by atoms with Gasteiger partial charge in [0.25, 0.3) is 0 Å². The van der Waals surface area contributed by atoms with Crippen LogP contribution in [0.3, 0.4) is 0 Å². The normalized spacial score (nSPS) is 24.5. The van der Waals surface area contributed by atoms with Gasteiger partial charge < -0.3 is 15.0 Å². The second kappa shape index (κ2) is 7.22. The zero-order valence-electron chi connectivity index (χ0n) is 13.5. The Hall–Kier alpha value is -0.430. The molecule has 0 amide bonds. The summed E-state index contributed by atoms with van der Waals surface area (Å²) in [4.78, 5) is 2.17. The van der Waals surface area contributed by atoms with Gasteiger partial charge in [0.2, 0.25) is 0 Å². The zero-order chi connectivity index (χ0) is 15.5. The Morgan fingerprint density at radius 1 is 1.52 bits per heavy atom. The van der Waals surface area contributed by atoms with Crippen molar-refractivity contribution >= 4 is 15.9 Å². The molecule has 2 atom stereocenters. The van der Waals surface area contributed by atoms with Gasteiger partial charge in [0.15, 0.2) is 0 Å². The molecule has 0 aromatic carbocycles. The Kier molecular flexibility index (Phi) is 5.82. The third kappa shape index (κ3) is 3.86. The number of rotatable bonds is 6. The SMILES string of the molecule is CNC(c1c(Br)cnn1CCN(C)C)C1(C)CCCCO1. The first-order chi connectivity index (χ1) is 9.98. The van der Waals surface area contributed by atoms with Gasteiger partial charge in [0.1, 0.15) is 0 Å². The van der Waals surface area contributed by atoms with Crippen LogP contribution in [0.25, 0.3) is 0 Å². The number of ether oxygens (including phenoxy) is 1. The summed E-state index contributed by atoms with van der Waals surface area (Å²) >= 11 is 3.66. The zero-order valence-corrected chi connectivity index (χ0v) is 15.1. The maximum atomic E-state index is 6.14. The Morgan fingerprint density at radius 2 is 2.29 bits per heavy atom. The van der Waals surface area contributed by atoms with E-state index in [2.05, 4.69) is 56.9 Å². The van der Waals surface area contributed by atoms with Crippen LogP contribution in [-0.2, 0) is 11.3 Å². The molecule has 2 unspecified atom stereocenters. The Balaban J connectivity index is 2.26. The fourth-order valence-corrected chi connectivity index (χ4v) is 3.57. The molecule has 1 aliphatic heterocycles. The minimum Gasteiger partial charge on any atom is -0.373 e. The Morgan fingerprint density at radius 3 is 2.86 bits per heavy atom. The standard InChI is InChI=1S/C15H27BrN4O/c1-15(7-5-6-10-21-15)14(17-2)13-12(16)11-18-20(13)9-8-19(3)4/h11,14,17H,5-10H2,1-4H3. The lowest BCUT2D eigenvalue weighted by atomic mass is 9.86. The second-order valence-corrected chi connectivity index (χ2v) is 7.10. The molecule has 5 nitrogen and oxygen atoms in total. The number of halogens is 1. The average molecular weight is 359 g/mol. The first-order valence-corrected chi connectivity index (χ1v) is 8.44. The van der Waals surface area contributed by atoms with E-state index in [1.807, 2.05) is 13.2 Å². The fraction of sp³-hybridized carbons (Fsp3) is 0.800. The molecule has 1 aromatic rings. The highest BCUT2D eigenvalue weighted by Gasteiger charge is 2.39. The molecule has 0 spiro atoms. The lowest BCUT2D eigenvalue weighted by Gasteiger charge is -2.40. The van der Waals surface area contributed by atoms with Crippen molar-refractivity contribution in [2.75, 3.05) is 34.3 Å².